The number of hydrogen-bond donors (Lipinski definition) is 1. The van der Waals surface area contributed by atoms with Gasteiger partial charge in [0, 0.05) is 63.3 Å². The van der Waals surface area contributed by atoms with Crippen LogP contribution in [0.1, 0.15) is 22.8 Å². The lowest BCUT2D eigenvalue weighted by atomic mass is 10.1. The van der Waals surface area contributed by atoms with E-state index >= 15 is 0 Å². The van der Waals surface area contributed by atoms with Crippen LogP contribution >= 0.6 is 0 Å². The molecular formula is C26H27FN4O4. The first kappa shape index (κ1) is 24.2. The van der Waals surface area contributed by atoms with Crippen molar-refractivity contribution in [3.63, 3.8) is 0 Å². The molecule has 0 aliphatic carbocycles. The molecule has 1 N–H and O–H groups in total. The molecule has 0 radical (unpaired) electrons. The van der Waals surface area contributed by atoms with Crippen LogP contribution in [0.25, 0.3) is 0 Å². The summed E-state index contributed by atoms with van der Waals surface area (Å²) in [5.41, 5.74) is 2.22. The highest BCUT2D eigenvalue weighted by atomic mass is 19.1. The van der Waals surface area contributed by atoms with Crippen molar-refractivity contribution in [1.82, 2.24) is 14.8 Å². The molecule has 1 aliphatic rings. The second-order valence-corrected chi connectivity index (χ2v) is 8.54. The molecule has 1 aliphatic heterocycles. The Bertz CT molecular complexity index is 1190. The number of carboxylic acid groups (broad SMARTS) is 1. The predicted molar refractivity (Wildman–Crippen MR) is 129 cm³/mol. The van der Waals surface area contributed by atoms with E-state index in [2.05, 4.69) is 9.88 Å². The van der Waals surface area contributed by atoms with Crippen LogP contribution in [0.2, 0.25) is 0 Å². The van der Waals surface area contributed by atoms with Crippen LogP contribution in [0.3, 0.4) is 0 Å². The first-order valence-corrected chi connectivity index (χ1v) is 11.3. The van der Waals surface area contributed by atoms with Crippen LogP contribution in [0.4, 0.5) is 14.9 Å². The zero-order valence-electron chi connectivity index (χ0n) is 19.6. The van der Waals surface area contributed by atoms with Gasteiger partial charge >= 0.3 is 6.09 Å². The Balaban J connectivity index is 1.34. The number of aromatic nitrogens is 1. The fourth-order valence-electron chi connectivity index (χ4n) is 4.07. The minimum absolute atomic E-state index is 0.0523. The van der Waals surface area contributed by atoms with Crippen molar-refractivity contribution < 1.29 is 23.8 Å². The monoisotopic (exact) mass is 478 g/mol. The van der Waals surface area contributed by atoms with Gasteiger partial charge in [-0.15, -0.1) is 0 Å². The molecule has 0 bridgehead atoms. The molecule has 9 heteroatoms. The summed E-state index contributed by atoms with van der Waals surface area (Å²) in [5.74, 6) is -0.0388. The molecule has 8 nitrogen and oxygen atoms in total. The number of benzene rings is 2. The molecule has 0 unspecified atom stereocenters. The van der Waals surface area contributed by atoms with Crippen molar-refractivity contribution in [2.75, 3.05) is 31.6 Å². The summed E-state index contributed by atoms with van der Waals surface area (Å²) in [6.45, 7) is 4.48. The van der Waals surface area contributed by atoms with Gasteiger partial charge in [0.15, 0.2) is 0 Å². The fraction of sp³-hybridized carbons (Fsp3) is 0.269. The van der Waals surface area contributed by atoms with Gasteiger partial charge in [-0.05, 0) is 42.8 Å². The van der Waals surface area contributed by atoms with E-state index in [9.17, 15) is 19.1 Å². The van der Waals surface area contributed by atoms with Crippen LogP contribution in [0.5, 0.6) is 11.6 Å². The average molecular weight is 479 g/mol. The van der Waals surface area contributed by atoms with Crippen molar-refractivity contribution in [3.8, 4) is 11.6 Å². The molecule has 0 spiro atoms. The van der Waals surface area contributed by atoms with Gasteiger partial charge in [0.25, 0.3) is 5.91 Å². The van der Waals surface area contributed by atoms with E-state index < -0.39 is 11.9 Å². The lowest BCUT2D eigenvalue weighted by molar-refractivity contribution is 0.0711. The number of ether oxygens (including phenoxy) is 1. The summed E-state index contributed by atoms with van der Waals surface area (Å²) in [4.78, 5) is 33.6. The molecule has 182 valence electrons. The van der Waals surface area contributed by atoms with Gasteiger partial charge in [-0.3, -0.25) is 9.69 Å². The Morgan fingerprint density at radius 2 is 1.91 bits per heavy atom. The third kappa shape index (κ3) is 5.93. The maximum Gasteiger partial charge on any atom is 0.407 e. The minimum atomic E-state index is -0.877. The van der Waals surface area contributed by atoms with Crippen LogP contribution in [-0.4, -0.2) is 64.6 Å². The Labute approximate surface area is 203 Å². The van der Waals surface area contributed by atoms with E-state index in [-0.39, 0.29) is 17.8 Å². The molecule has 2 heterocycles. The van der Waals surface area contributed by atoms with Crippen molar-refractivity contribution in [1.29, 1.82) is 0 Å². The average Bonchev–Trinajstić information content (AvgIpc) is 2.84. The summed E-state index contributed by atoms with van der Waals surface area (Å²) < 4.78 is 18.8. The second-order valence-electron chi connectivity index (χ2n) is 8.54. The second kappa shape index (κ2) is 10.5. The number of amides is 2. The van der Waals surface area contributed by atoms with Crippen LogP contribution in [0.15, 0.2) is 66.9 Å². The van der Waals surface area contributed by atoms with Gasteiger partial charge in [0.1, 0.15) is 11.6 Å². The number of pyridine rings is 1. The van der Waals surface area contributed by atoms with Crippen LogP contribution in [-0.2, 0) is 6.54 Å². The Morgan fingerprint density at radius 1 is 1.14 bits per heavy atom. The summed E-state index contributed by atoms with van der Waals surface area (Å²) >= 11 is 0. The van der Waals surface area contributed by atoms with Crippen molar-refractivity contribution in [2.24, 2.45) is 0 Å². The fourth-order valence-corrected chi connectivity index (χ4v) is 4.07. The molecule has 4 rings (SSSR count). The van der Waals surface area contributed by atoms with E-state index in [1.807, 2.05) is 31.2 Å². The summed E-state index contributed by atoms with van der Waals surface area (Å²) in [7, 11) is 1.70. The molecule has 2 aromatic carbocycles. The highest BCUT2D eigenvalue weighted by Crippen LogP contribution is 2.22. The normalized spacial score (nSPS) is 16.1. The quantitative estimate of drug-likeness (QED) is 0.563. The minimum Gasteiger partial charge on any atom is -0.465 e. The molecule has 35 heavy (non-hydrogen) atoms. The Hall–Kier alpha value is -3.98. The van der Waals surface area contributed by atoms with Gasteiger partial charge in [0.05, 0.1) is 5.56 Å². The molecule has 1 saturated heterocycles. The number of rotatable bonds is 6. The van der Waals surface area contributed by atoms with E-state index in [1.54, 1.807) is 36.2 Å². The third-order valence-electron chi connectivity index (χ3n) is 5.99. The Morgan fingerprint density at radius 3 is 2.54 bits per heavy atom. The molecule has 2 amide bonds. The molecule has 1 fully saturated rings. The predicted octanol–water partition coefficient (Wildman–Crippen LogP) is 4.47. The zero-order chi connectivity index (χ0) is 24.9. The number of hydrogen-bond acceptors (Lipinski definition) is 5. The summed E-state index contributed by atoms with van der Waals surface area (Å²) in [5, 5.41) is 9.23. The third-order valence-corrected chi connectivity index (χ3v) is 5.99. The van der Waals surface area contributed by atoms with E-state index in [0.717, 1.165) is 11.3 Å². The number of nitrogens with zero attached hydrogens (tertiary/aromatic N) is 4. The van der Waals surface area contributed by atoms with E-state index in [0.29, 0.717) is 37.5 Å². The lowest BCUT2D eigenvalue weighted by Gasteiger charge is -2.38. The van der Waals surface area contributed by atoms with Gasteiger partial charge in [-0.1, -0.05) is 18.2 Å². The van der Waals surface area contributed by atoms with Crippen LogP contribution in [0, 0.1) is 5.82 Å². The molecule has 1 atom stereocenters. The molecular weight excluding hydrogens is 451 g/mol. The van der Waals surface area contributed by atoms with Gasteiger partial charge < -0.3 is 19.6 Å². The first-order valence-electron chi connectivity index (χ1n) is 11.3. The molecule has 1 aromatic heterocycles. The topological polar surface area (TPSA) is 86.2 Å². The van der Waals surface area contributed by atoms with Crippen molar-refractivity contribution >= 4 is 17.7 Å². The highest BCUT2D eigenvalue weighted by molar-refractivity contribution is 6.05. The summed E-state index contributed by atoms with van der Waals surface area (Å²) in [6, 6.07) is 16.6. The highest BCUT2D eigenvalue weighted by Gasteiger charge is 2.27. The van der Waals surface area contributed by atoms with Gasteiger partial charge in [0.2, 0.25) is 5.88 Å². The Kier molecular flexibility index (Phi) is 7.26. The van der Waals surface area contributed by atoms with Crippen molar-refractivity contribution in [2.45, 2.75) is 19.5 Å². The van der Waals surface area contributed by atoms with Gasteiger partial charge in [-0.25, -0.2) is 14.2 Å². The number of carbonyl (C=O) groups excluding carboxylic acids is 1. The summed E-state index contributed by atoms with van der Waals surface area (Å²) in [6.07, 6.45) is 0.554. The maximum atomic E-state index is 13.3. The largest absolute Gasteiger partial charge is 0.465 e. The van der Waals surface area contributed by atoms with Crippen molar-refractivity contribution in [3.05, 3.63) is 83.8 Å². The standard InChI is InChI=1S/C26H27FN4O4/c1-18-16-30(12-13-31(18)26(33)34)17-19-6-9-22(10-7-19)29(2)25(32)20-8-11-24(28-15-20)35-23-5-3-4-21(27)14-23/h3-11,14-15,18H,12-13,16-17H2,1-2H3,(H,33,34)/t18-/m0/s1. The van der Waals surface area contributed by atoms with Gasteiger partial charge in [-0.2, -0.15) is 0 Å². The van der Waals surface area contributed by atoms with Crippen LogP contribution < -0.4 is 9.64 Å². The first-order chi connectivity index (χ1) is 16.8. The number of carbonyl (C=O) groups is 2. The maximum absolute atomic E-state index is 13.3. The van der Waals surface area contributed by atoms with E-state index in [4.69, 9.17) is 4.74 Å². The lowest BCUT2D eigenvalue weighted by Crippen LogP contribution is -2.53. The SMILES string of the molecule is C[C@H]1CN(Cc2ccc(N(C)C(=O)c3ccc(Oc4cccc(F)c4)nc3)cc2)CCN1C(=O)O. The molecule has 3 aromatic rings. The number of anilines is 1. The molecule has 0 saturated carbocycles. The smallest absolute Gasteiger partial charge is 0.407 e. The number of piperazine rings is 1. The number of halogens is 1. The van der Waals surface area contributed by atoms with E-state index in [1.165, 1.54) is 23.2 Å². The zero-order valence-corrected chi connectivity index (χ0v) is 19.6.